The van der Waals surface area contributed by atoms with Crippen LogP contribution in [0, 0.1) is 0 Å². The van der Waals surface area contributed by atoms with E-state index in [1.807, 2.05) is 0 Å². The predicted molar refractivity (Wildman–Crippen MR) is 86.1 cm³/mol. The first-order valence-corrected chi connectivity index (χ1v) is 7.03. The van der Waals surface area contributed by atoms with Gasteiger partial charge in [-0.15, -0.1) is 0 Å². The minimum absolute atomic E-state index is 0.159. The van der Waals surface area contributed by atoms with Crippen LogP contribution in [0.3, 0.4) is 0 Å². The Balaban J connectivity index is 1.81. The van der Waals surface area contributed by atoms with Crippen LogP contribution >= 0.6 is 23.2 Å². The van der Waals surface area contributed by atoms with Crippen molar-refractivity contribution in [1.29, 1.82) is 0 Å². The SMILES string of the molecule is Nc1cccc(NC(=O)CCOc2cc(Cl)cc(Cl)c2)c1. The van der Waals surface area contributed by atoms with Gasteiger partial charge in [0.2, 0.25) is 5.91 Å². The Morgan fingerprint density at radius 2 is 1.86 bits per heavy atom. The Labute approximate surface area is 132 Å². The third-order valence-corrected chi connectivity index (χ3v) is 3.04. The highest BCUT2D eigenvalue weighted by Crippen LogP contribution is 2.24. The molecule has 0 fully saturated rings. The lowest BCUT2D eigenvalue weighted by Gasteiger charge is -2.08. The number of ether oxygens (including phenoxy) is 1. The number of benzene rings is 2. The molecule has 0 aliphatic heterocycles. The van der Waals surface area contributed by atoms with Gasteiger partial charge in [-0.05, 0) is 36.4 Å². The van der Waals surface area contributed by atoms with Crippen LogP contribution in [-0.4, -0.2) is 12.5 Å². The molecule has 0 radical (unpaired) electrons. The molecule has 110 valence electrons. The van der Waals surface area contributed by atoms with Crippen molar-refractivity contribution < 1.29 is 9.53 Å². The molecule has 0 saturated heterocycles. The minimum atomic E-state index is -0.159. The number of nitrogen functional groups attached to an aromatic ring is 1. The molecule has 2 aromatic carbocycles. The Kier molecular flexibility index (Phi) is 5.31. The number of amides is 1. The van der Waals surface area contributed by atoms with Gasteiger partial charge in [-0.25, -0.2) is 0 Å². The maximum atomic E-state index is 11.8. The summed E-state index contributed by atoms with van der Waals surface area (Å²) in [5.41, 5.74) is 6.89. The quantitative estimate of drug-likeness (QED) is 0.817. The zero-order chi connectivity index (χ0) is 15.2. The summed E-state index contributed by atoms with van der Waals surface area (Å²) in [6, 6.07) is 11.9. The van der Waals surface area contributed by atoms with Crippen molar-refractivity contribution in [3.05, 3.63) is 52.5 Å². The zero-order valence-electron chi connectivity index (χ0n) is 11.1. The van der Waals surface area contributed by atoms with Crippen LogP contribution < -0.4 is 15.8 Å². The summed E-state index contributed by atoms with van der Waals surface area (Å²) >= 11 is 11.7. The van der Waals surface area contributed by atoms with E-state index in [1.54, 1.807) is 42.5 Å². The molecule has 0 bridgehead atoms. The molecule has 1 amide bonds. The summed E-state index contributed by atoms with van der Waals surface area (Å²) in [7, 11) is 0. The molecule has 0 aliphatic carbocycles. The molecule has 2 aromatic rings. The lowest BCUT2D eigenvalue weighted by Crippen LogP contribution is -2.15. The highest BCUT2D eigenvalue weighted by Gasteiger charge is 2.04. The molecular formula is C15H14Cl2N2O2. The maximum Gasteiger partial charge on any atom is 0.227 e. The number of hydrogen-bond donors (Lipinski definition) is 2. The maximum absolute atomic E-state index is 11.8. The van der Waals surface area contributed by atoms with Crippen molar-refractivity contribution >= 4 is 40.5 Å². The topological polar surface area (TPSA) is 64.3 Å². The Hall–Kier alpha value is -1.91. The van der Waals surface area contributed by atoms with Crippen LogP contribution in [0.25, 0.3) is 0 Å². The molecule has 0 aromatic heterocycles. The first kappa shape index (κ1) is 15.5. The molecule has 0 unspecified atom stereocenters. The van der Waals surface area contributed by atoms with Gasteiger partial charge in [0.15, 0.2) is 0 Å². The van der Waals surface area contributed by atoms with E-state index >= 15 is 0 Å². The van der Waals surface area contributed by atoms with Crippen molar-refractivity contribution in [2.75, 3.05) is 17.7 Å². The van der Waals surface area contributed by atoms with Gasteiger partial charge in [0.1, 0.15) is 5.75 Å². The fourth-order valence-electron chi connectivity index (χ4n) is 1.71. The standard InChI is InChI=1S/C15H14Cl2N2O2/c16-10-6-11(17)8-14(7-10)21-5-4-15(20)19-13-3-1-2-12(18)9-13/h1-3,6-9H,4-5,18H2,(H,19,20). The summed E-state index contributed by atoms with van der Waals surface area (Å²) in [5.74, 6) is 0.373. The van der Waals surface area contributed by atoms with Crippen LogP contribution in [-0.2, 0) is 4.79 Å². The van der Waals surface area contributed by atoms with Crippen molar-refractivity contribution in [2.45, 2.75) is 6.42 Å². The summed E-state index contributed by atoms with van der Waals surface area (Å²) in [6.45, 7) is 0.227. The Morgan fingerprint density at radius 1 is 1.14 bits per heavy atom. The molecule has 21 heavy (non-hydrogen) atoms. The summed E-state index contributed by atoms with van der Waals surface area (Å²) in [6.07, 6.45) is 0.207. The van der Waals surface area contributed by atoms with E-state index in [4.69, 9.17) is 33.7 Å². The van der Waals surface area contributed by atoms with Gasteiger partial charge in [0, 0.05) is 21.4 Å². The van der Waals surface area contributed by atoms with Crippen molar-refractivity contribution in [3.8, 4) is 5.75 Å². The third-order valence-electron chi connectivity index (χ3n) is 2.60. The molecule has 3 N–H and O–H groups in total. The van der Waals surface area contributed by atoms with Crippen molar-refractivity contribution in [1.82, 2.24) is 0 Å². The highest BCUT2D eigenvalue weighted by molar-refractivity contribution is 6.34. The van der Waals surface area contributed by atoms with Gasteiger partial charge in [0.25, 0.3) is 0 Å². The zero-order valence-corrected chi connectivity index (χ0v) is 12.6. The number of hydrogen-bond acceptors (Lipinski definition) is 3. The largest absolute Gasteiger partial charge is 0.493 e. The predicted octanol–water partition coefficient (Wildman–Crippen LogP) is 3.98. The minimum Gasteiger partial charge on any atom is -0.493 e. The van der Waals surface area contributed by atoms with Gasteiger partial charge in [-0.1, -0.05) is 29.3 Å². The average molecular weight is 325 g/mol. The summed E-state index contributed by atoms with van der Waals surface area (Å²) in [5, 5.41) is 3.72. The van der Waals surface area contributed by atoms with Crippen LogP contribution in [0.2, 0.25) is 10.0 Å². The van der Waals surface area contributed by atoms with Crippen LogP contribution in [0.15, 0.2) is 42.5 Å². The number of nitrogens with one attached hydrogen (secondary N) is 1. The van der Waals surface area contributed by atoms with Crippen LogP contribution in [0.5, 0.6) is 5.75 Å². The van der Waals surface area contributed by atoms with Gasteiger partial charge >= 0.3 is 0 Å². The average Bonchev–Trinajstić information content (AvgIpc) is 2.37. The molecule has 0 saturated carbocycles. The van der Waals surface area contributed by atoms with Crippen LogP contribution in [0.4, 0.5) is 11.4 Å². The number of halogens is 2. The summed E-state index contributed by atoms with van der Waals surface area (Å²) in [4.78, 5) is 11.8. The molecular weight excluding hydrogens is 311 g/mol. The van der Waals surface area contributed by atoms with E-state index in [1.165, 1.54) is 0 Å². The molecule has 6 heteroatoms. The summed E-state index contributed by atoms with van der Waals surface area (Å²) < 4.78 is 5.45. The first-order chi connectivity index (χ1) is 10.0. The van der Waals surface area contributed by atoms with Gasteiger partial charge in [0.05, 0.1) is 13.0 Å². The van der Waals surface area contributed by atoms with Crippen molar-refractivity contribution in [2.24, 2.45) is 0 Å². The van der Waals surface area contributed by atoms with Gasteiger partial charge in [-0.3, -0.25) is 4.79 Å². The molecule has 2 rings (SSSR count). The second-order valence-electron chi connectivity index (χ2n) is 4.38. The van der Waals surface area contributed by atoms with Crippen LogP contribution in [0.1, 0.15) is 6.42 Å². The van der Waals surface area contributed by atoms with E-state index in [-0.39, 0.29) is 18.9 Å². The number of anilines is 2. The Morgan fingerprint density at radius 3 is 2.52 bits per heavy atom. The number of carbonyl (C=O) groups excluding carboxylic acids is 1. The second-order valence-corrected chi connectivity index (χ2v) is 5.25. The third kappa shape index (κ3) is 5.17. The number of rotatable bonds is 5. The highest BCUT2D eigenvalue weighted by atomic mass is 35.5. The van der Waals surface area contributed by atoms with Crippen molar-refractivity contribution in [3.63, 3.8) is 0 Å². The molecule has 0 spiro atoms. The first-order valence-electron chi connectivity index (χ1n) is 6.27. The smallest absolute Gasteiger partial charge is 0.227 e. The fourth-order valence-corrected chi connectivity index (χ4v) is 2.22. The fraction of sp³-hybridized carbons (Fsp3) is 0.133. The van der Waals surface area contributed by atoms with Gasteiger partial charge < -0.3 is 15.8 Å². The lowest BCUT2D eigenvalue weighted by atomic mass is 10.3. The Bertz CT molecular complexity index is 627. The monoisotopic (exact) mass is 324 g/mol. The molecule has 4 nitrogen and oxygen atoms in total. The van der Waals surface area contributed by atoms with E-state index in [9.17, 15) is 4.79 Å². The molecule has 0 aliphatic rings. The molecule has 0 heterocycles. The normalized spacial score (nSPS) is 10.2. The lowest BCUT2D eigenvalue weighted by molar-refractivity contribution is -0.116. The van der Waals surface area contributed by atoms with Gasteiger partial charge in [-0.2, -0.15) is 0 Å². The van der Waals surface area contributed by atoms with E-state index in [2.05, 4.69) is 5.32 Å². The molecule has 0 atom stereocenters. The van der Waals surface area contributed by atoms with E-state index in [0.29, 0.717) is 27.2 Å². The number of carbonyl (C=O) groups is 1. The number of nitrogens with two attached hydrogens (primary N) is 1. The second kappa shape index (κ2) is 7.20. The van der Waals surface area contributed by atoms with E-state index in [0.717, 1.165) is 0 Å². The van der Waals surface area contributed by atoms with E-state index < -0.39 is 0 Å².